The van der Waals surface area contributed by atoms with E-state index in [-0.39, 0.29) is 12.5 Å². The average Bonchev–Trinajstić information content (AvgIpc) is 3.15. The maximum atomic E-state index is 12.9. The summed E-state index contributed by atoms with van der Waals surface area (Å²) in [5.41, 5.74) is 0.314. The molecule has 3 N–H and O–H groups in total. The molecule has 1 aromatic carbocycles. The van der Waals surface area contributed by atoms with Crippen LogP contribution in [0.5, 0.6) is 0 Å². The number of ether oxygens (including phenoxy) is 1. The largest absolute Gasteiger partial charge is 0.464 e. The minimum absolute atomic E-state index is 0.236. The molecule has 0 unspecified atom stereocenters. The summed E-state index contributed by atoms with van der Waals surface area (Å²) in [7, 11) is 5.08. The molecule has 2 aliphatic heterocycles. The van der Waals surface area contributed by atoms with Crippen LogP contribution in [-0.2, 0) is 19.1 Å². The summed E-state index contributed by atoms with van der Waals surface area (Å²) in [6.07, 6.45) is 0. The van der Waals surface area contributed by atoms with E-state index in [1.165, 1.54) is 12.0 Å². The number of aliphatic hydroxyl groups is 1. The first kappa shape index (κ1) is 19.3. The van der Waals surface area contributed by atoms with Gasteiger partial charge in [-0.1, -0.05) is 12.1 Å². The van der Waals surface area contributed by atoms with Crippen molar-refractivity contribution in [3.63, 3.8) is 0 Å². The molecule has 2 amide bonds. The van der Waals surface area contributed by atoms with Crippen molar-refractivity contribution < 1.29 is 29.5 Å². The van der Waals surface area contributed by atoms with Gasteiger partial charge in [0.05, 0.1) is 7.11 Å². The van der Waals surface area contributed by atoms with Crippen LogP contribution in [0.3, 0.4) is 0 Å². The second kappa shape index (κ2) is 6.94. The number of aliphatic hydroxyl groups excluding tert-OH is 1. The summed E-state index contributed by atoms with van der Waals surface area (Å²) in [4.78, 5) is 41.6. The maximum Gasteiger partial charge on any atom is 0.371 e. The van der Waals surface area contributed by atoms with Gasteiger partial charge in [-0.3, -0.25) is 14.5 Å². The monoisotopic (exact) mass is 376 g/mol. The van der Waals surface area contributed by atoms with Crippen molar-refractivity contribution in [1.29, 1.82) is 0 Å². The summed E-state index contributed by atoms with van der Waals surface area (Å²) in [6, 6.07) is 7.18. The molecule has 2 heterocycles. The first-order valence-electron chi connectivity index (χ1n) is 9.00. The smallest absolute Gasteiger partial charge is 0.371 e. The normalized spacial score (nSPS) is 29.8. The lowest BCUT2D eigenvalue weighted by molar-refractivity contribution is -0.735. The van der Waals surface area contributed by atoms with Crippen molar-refractivity contribution in [2.75, 3.05) is 39.3 Å². The number of methoxy groups -OCH3 is 1. The number of benzene rings is 1. The number of nitrogens with zero attached hydrogens (tertiary/aromatic N) is 2. The molecular formula is C19H26N3O5+. The molecule has 0 aromatic heterocycles. The Balaban J connectivity index is 2.09. The summed E-state index contributed by atoms with van der Waals surface area (Å²) in [6.45, 7) is 1.38. The van der Waals surface area contributed by atoms with Crippen LogP contribution in [0.1, 0.15) is 18.5 Å². The highest BCUT2D eigenvalue weighted by molar-refractivity contribution is 6.08. The molecule has 4 atom stereocenters. The van der Waals surface area contributed by atoms with Gasteiger partial charge in [-0.25, -0.2) is 4.79 Å². The fraction of sp³-hybridized carbons (Fsp3) is 0.526. The van der Waals surface area contributed by atoms with Crippen LogP contribution in [0.2, 0.25) is 0 Å². The van der Waals surface area contributed by atoms with Crippen LogP contribution in [0.15, 0.2) is 24.3 Å². The highest BCUT2D eigenvalue weighted by Gasteiger charge is 2.72. The topological polar surface area (TPSA) is 104 Å². The number of carbonyl (C=O) groups excluding carboxylic acids is 3. The number of esters is 1. The predicted molar refractivity (Wildman–Crippen MR) is 96.6 cm³/mol. The number of quaternary nitrogens is 1. The van der Waals surface area contributed by atoms with Crippen molar-refractivity contribution in [2.45, 2.75) is 18.5 Å². The molecule has 2 saturated heterocycles. The van der Waals surface area contributed by atoms with Crippen molar-refractivity contribution in [1.82, 2.24) is 4.90 Å². The van der Waals surface area contributed by atoms with Gasteiger partial charge in [-0.05, 0) is 19.1 Å². The number of imide groups is 1. The molecule has 0 bridgehead atoms. The molecule has 8 nitrogen and oxygen atoms in total. The van der Waals surface area contributed by atoms with E-state index in [1.54, 1.807) is 12.2 Å². The van der Waals surface area contributed by atoms with E-state index in [1.807, 2.05) is 43.3 Å². The van der Waals surface area contributed by atoms with Gasteiger partial charge in [0, 0.05) is 31.9 Å². The van der Waals surface area contributed by atoms with E-state index in [2.05, 4.69) is 0 Å². The first-order chi connectivity index (χ1) is 12.8. The van der Waals surface area contributed by atoms with E-state index >= 15 is 0 Å². The molecule has 146 valence electrons. The van der Waals surface area contributed by atoms with E-state index in [0.29, 0.717) is 0 Å². The fourth-order valence-electron chi connectivity index (χ4n) is 4.39. The van der Waals surface area contributed by atoms with Crippen molar-refractivity contribution in [3.05, 3.63) is 29.8 Å². The van der Waals surface area contributed by atoms with E-state index in [9.17, 15) is 19.5 Å². The van der Waals surface area contributed by atoms with Crippen LogP contribution in [0, 0.1) is 11.8 Å². The highest BCUT2D eigenvalue weighted by atomic mass is 16.5. The first-order valence-corrected chi connectivity index (χ1v) is 9.00. The van der Waals surface area contributed by atoms with Gasteiger partial charge in [-0.15, -0.1) is 0 Å². The van der Waals surface area contributed by atoms with Crippen LogP contribution in [0.4, 0.5) is 5.69 Å². The van der Waals surface area contributed by atoms with Gasteiger partial charge < -0.3 is 20.1 Å². The Morgan fingerprint density at radius 2 is 1.89 bits per heavy atom. The number of nitrogens with two attached hydrogens (primary N) is 1. The van der Waals surface area contributed by atoms with Crippen LogP contribution >= 0.6 is 0 Å². The number of amides is 2. The van der Waals surface area contributed by atoms with Crippen molar-refractivity contribution >= 4 is 23.5 Å². The molecule has 0 aliphatic carbocycles. The molecular weight excluding hydrogens is 350 g/mol. The van der Waals surface area contributed by atoms with Gasteiger partial charge in [0.15, 0.2) is 0 Å². The summed E-state index contributed by atoms with van der Waals surface area (Å²) in [5, 5.41) is 11.7. The SMILES string of the molecule is CCN1C(=O)[C@@H]2[C@@H](c3ccc(N(C)C)cc3)[NH2+][C@@](CO)(C(=O)OC)[C@@H]2C1=O. The zero-order chi connectivity index (χ0) is 19.9. The van der Waals surface area contributed by atoms with Crippen molar-refractivity contribution in [2.24, 2.45) is 11.8 Å². The number of anilines is 1. The third-order valence-electron chi connectivity index (χ3n) is 5.80. The Bertz CT molecular complexity index is 763. The number of carbonyl (C=O) groups is 3. The van der Waals surface area contributed by atoms with Gasteiger partial charge >= 0.3 is 5.97 Å². The lowest BCUT2D eigenvalue weighted by Crippen LogP contribution is -2.99. The number of hydrogen-bond donors (Lipinski definition) is 2. The molecule has 0 radical (unpaired) electrons. The van der Waals surface area contributed by atoms with Gasteiger partial charge in [0.25, 0.3) is 0 Å². The van der Waals surface area contributed by atoms with Crippen LogP contribution < -0.4 is 10.2 Å². The van der Waals surface area contributed by atoms with Gasteiger partial charge in [0.2, 0.25) is 17.4 Å². The summed E-state index contributed by atoms with van der Waals surface area (Å²) >= 11 is 0. The molecule has 0 saturated carbocycles. The van der Waals surface area contributed by atoms with Gasteiger partial charge in [0.1, 0.15) is 24.5 Å². The molecule has 0 spiro atoms. The molecule has 1 aromatic rings. The standard InChI is InChI=1S/C19H25N3O5/c1-5-22-16(24)13-14(17(22)25)19(10-23,18(26)27-4)20-15(13)11-6-8-12(9-7-11)21(2)3/h6-9,13-15,20,23H,5,10H2,1-4H3/p+1/t13-,14-,15+,19+/m0/s1. The van der Waals surface area contributed by atoms with E-state index < -0.39 is 41.9 Å². The Labute approximate surface area is 158 Å². The third kappa shape index (κ3) is 2.71. The minimum atomic E-state index is -1.51. The Hall–Kier alpha value is -2.45. The molecule has 2 fully saturated rings. The van der Waals surface area contributed by atoms with Crippen LogP contribution in [0.25, 0.3) is 0 Å². The Morgan fingerprint density at radius 3 is 2.37 bits per heavy atom. The minimum Gasteiger partial charge on any atom is -0.464 e. The number of likely N-dealkylation sites (tertiary alicyclic amines) is 1. The Morgan fingerprint density at radius 1 is 1.26 bits per heavy atom. The fourth-order valence-corrected chi connectivity index (χ4v) is 4.39. The zero-order valence-electron chi connectivity index (χ0n) is 16.0. The number of hydrogen-bond acceptors (Lipinski definition) is 6. The molecule has 27 heavy (non-hydrogen) atoms. The predicted octanol–water partition coefficient (Wildman–Crippen LogP) is -1.10. The molecule has 2 aliphatic rings. The lowest BCUT2D eigenvalue weighted by atomic mass is 9.79. The second-order valence-electron chi connectivity index (χ2n) is 7.29. The zero-order valence-corrected chi connectivity index (χ0v) is 16.0. The molecule has 3 rings (SSSR count). The third-order valence-corrected chi connectivity index (χ3v) is 5.80. The Kier molecular flexibility index (Phi) is 4.96. The van der Waals surface area contributed by atoms with Crippen molar-refractivity contribution in [3.8, 4) is 0 Å². The summed E-state index contributed by atoms with van der Waals surface area (Å²) < 4.78 is 4.90. The average molecular weight is 376 g/mol. The number of fused-ring (bicyclic) bond motifs is 1. The van der Waals surface area contributed by atoms with Gasteiger partial charge in [-0.2, -0.15) is 0 Å². The van der Waals surface area contributed by atoms with E-state index in [0.717, 1.165) is 11.3 Å². The number of rotatable bonds is 5. The van der Waals surface area contributed by atoms with Crippen LogP contribution in [-0.4, -0.2) is 67.7 Å². The lowest BCUT2D eigenvalue weighted by Gasteiger charge is -2.27. The second-order valence-corrected chi connectivity index (χ2v) is 7.29. The maximum absolute atomic E-state index is 12.9. The quantitative estimate of drug-likeness (QED) is 0.499. The van der Waals surface area contributed by atoms with E-state index in [4.69, 9.17) is 4.74 Å². The molecule has 8 heteroatoms. The summed E-state index contributed by atoms with van der Waals surface area (Å²) in [5.74, 6) is -3.07. The highest BCUT2D eigenvalue weighted by Crippen LogP contribution is 2.44.